The summed E-state index contributed by atoms with van der Waals surface area (Å²) in [5.41, 5.74) is 0. The number of nitrogens with one attached hydrogen (secondary N) is 1. The molecule has 1 aromatic carbocycles. The average molecular weight is 340 g/mol. The molecule has 0 saturated carbocycles. The minimum atomic E-state index is -0.617. The Bertz CT molecular complexity index is 600. The molecule has 1 heterocycles. The molecule has 0 spiro atoms. The van der Waals surface area contributed by atoms with E-state index in [0.29, 0.717) is 17.5 Å². The van der Waals surface area contributed by atoms with Crippen molar-refractivity contribution in [1.82, 2.24) is 15.5 Å². The molecule has 1 amide bonds. The van der Waals surface area contributed by atoms with Gasteiger partial charge in [-0.05, 0) is 32.0 Å². The van der Waals surface area contributed by atoms with Crippen LogP contribution in [0.3, 0.4) is 0 Å². The summed E-state index contributed by atoms with van der Waals surface area (Å²) in [4.78, 5) is 15.9. The molecule has 20 heavy (non-hydrogen) atoms. The standard InChI is InChI=1S/C13H14BrN3O3/c1-8(19-11-5-3-4-10(14)6-11)13(18)15-7-12-16-9(2)17-20-12/h3-6,8H,7H2,1-2H3,(H,15,18)/t8-/m0/s1. The Hall–Kier alpha value is -1.89. The van der Waals surface area contributed by atoms with E-state index in [0.717, 1.165) is 4.47 Å². The van der Waals surface area contributed by atoms with Crippen molar-refractivity contribution in [2.75, 3.05) is 0 Å². The number of carbonyl (C=O) groups excluding carboxylic acids is 1. The number of carbonyl (C=O) groups is 1. The molecule has 1 N–H and O–H groups in total. The number of benzene rings is 1. The second-order valence-corrected chi connectivity index (χ2v) is 5.09. The Labute approximate surface area is 124 Å². The summed E-state index contributed by atoms with van der Waals surface area (Å²) in [5.74, 6) is 1.27. The van der Waals surface area contributed by atoms with Crippen LogP contribution in [0.4, 0.5) is 0 Å². The quantitative estimate of drug-likeness (QED) is 0.903. The number of nitrogens with zero attached hydrogens (tertiary/aromatic N) is 2. The molecule has 7 heteroatoms. The number of ether oxygens (including phenoxy) is 1. The number of aromatic nitrogens is 2. The van der Waals surface area contributed by atoms with Crippen LogP contribution < -0.4 is 10.1 Å². The fourth-order valence-electron chi connectivity index (χ4n) is 1.52. The lowest BCUT2D eigenvalue weighted by atomic mass is 10.3. The van der Waals surface area contributed by atoms with Gasteiger partial charge in [-0.3, -0.25) is 4.79 Å². The van der Waals surface area contributed by atoms with E-state index in [4.69, 9.17) is 9.26 Å². The molecule has 0 aliphatic heterocycles. The first-order valence-corrected chi connectivity index (χ1v) is 6.83. The van der Waals surface area contributed by atoms with E-state index in [9.17, 15) is 4.79 Å². The van der Waals surface area contributed by atoms with E-state index < -0.39 is 6.10 Å². The van der Waals surface area contributed by atoms with Crippen molar-refractivity contribution < 1.29 is 14.1 Å². The minimum absolute atomic E-state index is 0.186. The summed E-state index contributed by atoms with van der Waals surface area (Å²) >= 11 is 3.34. The van der Waals surface area contributed by atoms with E-state index in [2.05, 4.69) is 31.4 Å². The van der Waals surface area contributed by atoms with Crippen molar-refractivity contribution in [2.24, 2.45) is 0 Å². The third kappa shape index (κ3) is 4.06. The molecule has 0 unspecified atom stereocenters. The number of aryl methyl sites for hydroxylation is 1. The Morgan fingerprint density at radius 1 is 1.55 bits per heavy atom. The Morgan fingerprint density at radius 3 is 3.00 bits per heavy atom. The SMILES string of the molecule is Cc1noc(CNC(=O)[C@H](C)Oc2cccc(Br)c2)n1. The van der Waals surface area contributed by atoms with Crippen molar-refractivity contribution in [3.8, 4) is 5.75 Å². The highest BCUT2D eigenvalue weighted by molar-refractivity contribution is 9.10. The molecule has 1 aromatic heterocycles. The highest BCUT2D eigenvalue weighted by Crippen LogP contribution is 2.18. The van der Waals surface area contributed by atoms with Gasteiger partial charge >= 0.3 is 0 Å². The van der Waals surface area contributed by atoms with Crippen LogP contribution in [0.5, 0.6) is 5.75 Å². The van der Waals surface area contributed by atoms with Gasteiger partial charge in [0.2, 0.25) is 5.89 Å². The number of halogens is 1. The normalized spacial score (nSPS) is 11.9. The van der Waals surface area contributed by atoms with Crippen molar-refractivity contribution in [1.29, 1.82) is 0 Å². The fraction of sp³-hybridized carbons (Fsp3) is 0.308. The van der Waals surface area contributed by atoms with Gasteiger partial charge < -0.3 is 14.6 Å². The number of rotatable bonds is 5. The zero-order chi connectivity index (χ0) is 14.5. The molecule has 6 nitrogen and oxygen atoms in total. The van der Waals surface area contributed by atoms with Gasteiger partial charge in [0.05, 0.1) is 6.54 Å². The van der Waals surface area contributed by atoms with Gasteiger partial charge in [0.15, 0.2) is 11.9 Å². The van der Waals surface area contributed by atoms with Crippen LogP contribution >= 0.6 is 15.9 Å². The second-order valence-electron chi connectivity index (χ2n) is 4.17. The van der Waals surface area contributed by atoms with Crippen LogP contribution in [0.15, 0.2) is 33.3 Å². The highest BCUT2D eigenvalue weighted by atomic mass is 79.9. The first-order valence-electron chi connectivity index (χ1n) is 6.03. The van der Waals surface area contributed by atoms with Crippen LogP contribution in [0.25, 0.3) is 0 Å². The van der Waals surface area contributed by atoms with Crippen molar-refractivity contribution in [3.63, 3.8) is 0 Å². The first kappa shape index (κ1) is 14.5. The smallest absolute Gasteiger partial charge is 0.261 e. The Balaban J connectivity index is 1.85. The monoisotopic (exact) mass is 339 g/mol. The lowest BCUT2D eigenvalue weighted by molar-refractivity contribution is -0.127. The van der Waals surface area contributed by atoms with Crippen molar-refractivity contribution in [2.45, 2.75) is 26.5 Å². The average Bonchev–Trinajstić information content (AvgIpc) is 2.81. The summed E-state index contributed by atoms with van der Waals surface area (Å²) in [5, 5.41) is 6.32. The molecule has 0 aliphatic carbocycles. The van der Waals surface area contributed by atoms with E-state index in [1.807, 2.05) is 12.1 Å². The van der Waals surface area contributed by atoms with Crippen LogP contribution in [0.2, 0.25) is 0 Å². The molecule has 0 saturated heterocycles. The van der Waals surface area contributed by atoms with Crippen LogP contribution in [-0.2, 0) is 11.3 Å². The summed E-state index contributed by atoms with van der Waals surface area (Å²) < 4.78 is 11.3. The number of amides is 1. The predicted molar refractivity (Wildman–Crippen MR) is 75.1 cm³/mol. The molecule has 106 valence electrons. The molecular weight excluding hydrogens is 326 g/mol. The third-order valence-electron chi connectivity index (χ3n) is 2.46. The van der Waals surface area contributed by atoms with Gasteiger partial charge in [0.25, 0.3) is 5.91 Å². The molecule has 0 fully saturated rings. The molecule has 0 radical (unpaired) electrons. The predicted octanol–water partition coefficient (Wildman–Crippen LogP) is 2.22. The van der Waals surface area contributed by atoms with E-state index in [-0.39, 0.29) is 12.5 Å². The van der Waals surface area contributed by atoms with E-state index >= 15 is 0 Å². The highest BCUT2D eigenvalue weighted by Gasteiger charge is 2.15. The number of hydrogen-bond donors (Lipinski definition) is 1. The fourth-order valence-corrected chi connectivity index (χ4v) is 1.89. The largest absolute Gasteiger partial charge is 0.481 e. The molecule has 0 bridgehead atoms. The Morgan fingerprint density at radius 2 is 2.35 bits per heavy atom. The first-order chi connectivity index (χ1) is 9.54. The maximum Gasteiger partial charge on any atom is 0.261 e. The van der Waals surface area contributed by atoms with Gasteiger partial charge in [-0.15, -0.1) is 0 Å². The van der Waals surface area contributed by atoms with Gasteiger partial charge in [-0.25, -0.2) is 0 Å². The topological polar surface area (TPSA) is 77.2 Å². The molecule has 1 atom stereocenters. The summed E-state index contributed by atoms with van der Waals surface area (Å²) in [6, 6.07) is 7.31. The molecule has 2 rings (SSSR count). The van der Waals surface area contributed by atoms with Crippen molar-refractivity contribution >= 4 is 21.8 Å². The third-order valence-corrected chi connectivity index (χ3v) is 2.95. The van der Waals surface area contributed by atoms with E-state index in [1.165, 1.54) is 0 Å². The van der Waals surface area contributed by atoms with Gasteiger partial charge in [-0.1, -0.05) is 27.2 Å². The maximum atomic E-state index is 11.9. The summed E-state index contributed by atoms with van der Waals surface area (Å²) in [6.45, 7) is 3.58. The lowest BCUT2D eigenvalue weighted by Crippen LogP contribution is -2.36. The van der Waals surface area contributed by atoms with Crippen molar-refractivity contribution in [3.05, 3.63) is 40.5 Å². The summed E-state index contributed by atoms with van der Waals surface area (Å²) in [7, 11) is 0. The van der Waals surface area contributed by atoms with Gasteiger partial charge in [0.1, 0.15) is 5.75 Å². The maximum absolute atomic E-state index is 11.9. The molecule has 0 aliphatic rings. The van der Waals surface area contributed by atoms with Gasteiger partial charge in [0, 0.05) is 4.47 Å². The summed E-state index contributed by atoms with van der Waals surface area (Å²) in [6.07, 6.45) is -0.617. The van der Waals surface area contributed by atoms with Crippen LogP contribution in [0, 0.1) is 6.92 Å². The zero-order valence-corrected chi connectivity index (χ0v) is 12.7. The minimum Gasteiger partial charge on any atom is -0.481 e. The molecular formula is C13H14BrN3O3. The van der Waals surface area contributed by atoms with E-state index in [1.54, 1.807) is 26.0 Å². The van der Waals surface area contributed by atoms with Crippen LogP contribution in [-0.4, -0.2) is 22.2 Å². The van der Waals surface area contributed by atoms with Gasteiger partial charge in [-0.2, -0.15) is 4.98 Å². The lowest BCUT2D eigenvalue weighted by Gasteiger charge is -2.14. The number of hydrogen-bond acceptors (Lipinski definition) is 5. The zero-order valence-electron chi connectivity index (χ0n) is 11.1. The Kier molecular flexibility index (Phi) is 4.73. The second kappa shape index (κ2) is 6.51. The molecule has 2 aromatic rings. The van der Waals surface area contributed by atoms with Crippen LogP contribution in [0.1, 0.15) is 18.6 Å².